The molecule has 0 amide bonds. The van der Waals surface area contributed by atoms with Gasteiger partial charge in [0.15, 0.2) is 0 Å². The first-order chi connectivity index (χ1) is 9.00. The van der Waals surface area contributed by atoms with Gasteiger partial charge in [0.2, 0.25) is 0 Å². The lowest BCUT2D eigenvalue weighted by molar-refractivity contribution is 0.112. The molecular weight excluding hydrogens is 232 g/mol. The van der Waals surface area contributed by atoms with Crippen molar-refractivity contribution in [1.29, 1.82) is 0 Å². The van der Waals surface area contributed by atoms with Crippen LogP contribution in [-0.2, 0) is 0 Å². The summed E-state index contributed by atoms with van der Waals surface area (Å²) in [5.41, 5.74) is 6.37. The lowest BCUT2D eigenvalue weighted by Crippen LogP contribution is -2.44. The molecule has 1 saturated heterocycles. The third-order valence-corrected chi connectivity index (χ3v) is 5.56. The molecule has 2 fully saturated rings. The van der Waals surface area contributed by atoms with Crippen LogP contribution in [0.1, 0.15) is 65.7 Å². The minimum atomic E-state index is 0.497. The summed E-state index contributed by atoms with van der Waals surface area (Å²) in [6, 6.07) is 0.849. The van der Waals surface area contributed by atoms with Crippen LogP contribution in [0.2, 0.25) is 0 Å². The first-order valence-corrected chi connectivity index (χ1v) is 8.45. The second kappa shape index (κ2) is 6.58. The normalized spacial score (nSPS) is 35.1. The molecule has 2 aliphatic rings. The van der Waals surface area contributed by atoms with Crippen LogP contribution < -0.4 is 5.73 Å². The number of hydrogen-bond acceptors (Lipinski definition) is 2. The Balaban J connectivity index is 1.88. The summed E-state index contributed by atoms with van der Waals surface area (Å²) in [6.07, 6.45) is 9.84. The molecule has 0 bridgehead atoms. The van der Waals surface area contributed by atoms with Gasteiger partial charge in [-0.15, -0.1) is 0 Å². The minimum absolute atomic E-state index is 0.497. The number of likely N-dealkylation sites (tertiary alicyclic amines) is 1. The molecule has 19 heavy (non-hydrogen) atoms. The van der Waals surface area contributed by atoms with Crippen molar-refractivity contribution in [2.45, 2.75) is 71.8 Å². The maximum atomic E-state index is 5.88. The molecule has 1 aliphatic heterocycles. The van der Waals surface area contributed by atoms with Crippen molar-refractivity contribution in [3.05, 3.63) is 0 Å². The molecule has 1 heterocycles. The van der Waals surface area contributed by atoms with Crippen molar-refractivity contribution in [2.75, 3.05) is 19.6 Å². The zero-order valence-corrected chi connectivity index (χ0v) is 13.3. The largest absolute Gasteiger partial charge is 0.330 e. The number of nitrogens with two attached hydrogens (primary N) is 1. The van der Waals surface area contributed by atoms with Gasteiger partial charge in [-0.25, -0.2) is 0 Å². The zero-order valence-electron chi connectivity index (χ0n) is 13.3. The molecule has 1 saturated carbocycles. The topological polar surface area (TPSA) is 29.3 Å². The molecule has 0 spiro atoms. The molecule has 3 atom stereocenters. The molecule has 3 unspecified atom stereocenters. The van der Waals surface area contributed by atoms with Gasteiger partial charge >= 0.3 is 0 Å². The van der Waals surface area contributed by atoms with E-state index in [1.54, 1.807) is 0 Å². The van der Waals surface area contributed by atoms with Crippen molar-refractivity contribution in [3.63, 3.8) is 0 Å². The molecule has 0 aromatic heterocycles. The number of hydrogen-bond donors (Lipinski definition) is 1. The van der Waals surface area contributed by atoms with Crippen LogP contribution in [0, 0.1) is 17.3 Å². The average Bonchev–Trinajstić information content (AvgIpc) is 2.64. The van der Waals surface area contributed by atoms with Crippen LogP contribution in [0.5, 0.6) is 0 Å². The molecule has 2 heteroatoms. The summed E-state index contributed by atoms with van der Waals surface area (Å²) in [7, 11) is 0. The lowest BCUT2D eigenvalue weighted by Gasteiger charge is -2.38. The molecule has 1 aliphatic carbocycles. The van der Waals surface area contributed by atoms with Crippen LogP contribution in [0.25, 0.3) is 0 Å². The van der Waals surface area contributed by atoms with E-state index >= 15 is 0 Å². The van der Waals surface area contributed by atoms with Crippen molar-refractivity contribution >= 4 is 0 Å². The monoisotopic (exact) mass is 266 g/mol. The molecular formula is C17H34N2. The van der Waals surface area contributed by atoms with Gasteiger partial charge in [-0.2, -0.15) is 0 Å². The molecule has 112 valence electrons. The lowest BCUT2D eigenvalue weighted by atomic mass is 9.76. The molecule has 2 N–H and O–H groups in total. The second-order valence-electron chi connectivity index (χ2n) is 7.96. The standard InChI is InChI=1S/C17H34N2/c1-17(2,3)15-7-4-8-16(10-9-15)19-11-5-6-14(12-18)13-19/h14-16H,4-13,18H2,1-3H3. The van der Waals surface area contributed by atoms with Crippen molar-refractivity contribution in [1.82, 2.24) is 4.90 Å². The highest BCUT2D eigenvalue weighted by Gasteiger charge is 2.31. The van der Waals surface area contributed by atoms with Crippen LogP contribution in [0.15, 0.2) is 0 Å². The zero-order chi connectivity index (χ0) is 13.9. The third-order valence-electron chi connectivity index (χ3n) is 5.56. The summed E-state index contributed by atoms with van der Waals surface area (Å²) in [4.78, 5) is 2.77. The number of rotatable bonds is 2. The van der Waals surface area contributed by atoms with Gasteiger partial charge in [0, 0.05) is 12.6 Å². The maximum absolute atomic E-state index is 5.88. The summed E-state index contributed by atoms with van der Waals surface area (Å²) >= 11 is 0. The van der Waals surface area contributed by atoms with E-state index in [-0.39, 0.29) is 0 Å². The minimum Gasteiger partial charge on any atom is -0.330 e. The Morgan fingerprint density at radius 1 is 1.00 bits per heavy atom. The van der Waals surface area contributed by atoms with Gasteiger partial charge in [-0.05, 0) is 68.9 Å². The quantitative estimate of drug-likeness (QED) is 0.773. The van der Waals surface area contributed by atoms with E-state index in [2.05, 4.69) is 25.7 Å². The molecule has 2 nitrogen and oxygen atoms in total. The average molecular weight is 266 g/mol. The Labute approximate surface area is 120 Å². The van der Waals surface area contributed by atoms with E-state index in [1.807, 2.05) is 0 Å². The van der Waals surface area contributed by atoms with E-state index in [0.29, 0.717) is 5.41 Å². The Kier molecular flexibility index (Phi) is 5.30. The number of piperidine rings is 1. The summed E-state index contributed by atoms with van der Waals surface area (Å²) in [5.74, 6) is 1.68. The summed E-state index contributed by atoms with van der Waals surface area (Å²) in [6.45, 7) is 10.7. The smallest absolute Gasteiger partial charge is 0.00954 e. The van der Waals surface area contributed by atoms with E-state index in [1.165, 1.54) is 58.0 Å². The predicted octanol–water partition coefficient (Wildman–Crippen LogP) is 3.65. The first kappa shape index (κ1) is 15.3. The highest BCUT2D eigenvalue weighted by molar-refractivity contribution is 4.85. The highest BCUT2D eigenvalue weighted by Crippen LogP contribution is 2.38. The molecule has 0 radical (unpaired) electrons. The second-order valence-corrected chi connectivity index (χ2v) is 7.96. The number of nitrogens with zero attached hydrogens (tertiary/aromatic N) is 1. The Morgan fingerprint density at radius 3 is 2.47 bits per heavy atom. The summed E-state index contributed by atoms with van der Waals surface area (Å²) < 4.78 is 0. The van der Waals surface area contributed by atoms with Crippen molar-refractivity contribution in [3.8, 4) is 0 Å². The van der Waals surface area contributed by atoms with E-state index in [4.69, 9.17) is 5.73 Å². The van der Waals surface area contributed by atoms with Crippen LogP contribution >= 0.6 is 0 Å². The third kappa shape index (κ3) is 4.19. The van der Waals surface area contributed by atoms with E-state index < -0.39 is 0 Å². The van der Waals surface area contributed by atoms with Gasteiger partial charge in [0.25, 0.3) is 0 Å². The van der Waals surface area contributed by atoms with E-state index in [9.17, 15) is 0 Å². The summed E-state index contributed by atoms with van der Waals surface area (Å²) in [5, 5.41) is 0. The van der Waals surface area contributed by atoms with Crippen molar-refractivity contribution in [2.24, 2.45) is 23.0 Å². The van der Waals surface area contributed by atoms with Gasteiger partial charge in [0.05, 0.1) is 0 Å². The molecule has 0 aromatic rings. The van der Waals surface area contributed by atoms with Crippen LogP contribution in [-0.4, -0.2) is 30.6 Å². The van der Waals surface area contributed by atoms with Gasteiger partial charge in [-0.3, -0.25) is 0 Å². The highest BCUT2D eigenvalue weighted by atomic mass is 15.2. The predicted molar refractivity (Wildman–Crippen MR) is 83.2 cm³/mol. The Bertz CT molecular complexity index is 269. The first-order valence-electron chi connectivity index (χ1n) is 8.45. The fraction of sp³-hybridized carbons (Fsp3) is 1.00. The fourth-order valence-corrected chi connectivity index (χ4v) is 4.13. The molecule has 0 aromatic carbocycles. The molecule has 2 rings (SSSR count). The van der Waals surface area contributed by atoms with Crippen molar-refractivity contribution < 1.29 is 0 Å². The van der Waals surface area contributed by atoms with Crippen LogP contribution in [0.3, 0.4) is 0 Å². The fourth-order valence-electron chi connectivity index (χ4n) is 4.13. The Hall–Kier alpha value is -0.0800. The van der Waals surface area contributed by atoms with E-state index in [0.717, 1.165) is 24.4 Å². The SMILES string of the molecule is CC(C)(C)C1CCCC(N2CCCC(CN)C2)CC1. The maximum Gasteiger partial charge on any atom is 0.00954 e. The van der Waals surface area contributed by atoms with Crippen LogP contribution in [0.4, 0.5) is 0 Å². The van der Waals surface area contributed by atoms with Gasteiger partial charge < -0.3 is 10.6 Å². The Morgan fingerprint density at radius 2 is 1.79 bits per heavy atom. The van der Waals surface area contributed by atoms with Gasteiger partial charge in [-0.1, -0.05) is 27.2 Å². The van der Waals surface area contributed by atoms with Gasteiger partial charge in [0.1, 0.15) is 0 Å².